The summed E-state index contributed by atoms with van der Waals surface area (Å²) in [5.74, 6) is 2.97. The van der Waals surface area contributed by atoms with Crippen LogP contribution < -0.4 is 0 Å². The maximum Gasteiger partial charge on any atom is -0.0267 e. The van der Waals surface area contributed by atoms with E-state index >= 15 is 0 Å². The smallest absolute Gasteiger partial charge is 0.0267 e. The van der Waals surface area contributed by atoms with Crippen molar-refractivity contribution in [1.29, 1.82) is 0 Å². The van der Waals surface area contributed by atoms with Gasteiger partial charge in [-0.2, -0.15) is 0 Å². The Morgan fingerprint density at radius 1 is 1.08 bits per heavy atom. The normalized spacial score (nSPS) is 42.5. The molecule has 0 aromatic rings. The van der Waals surface area contributed by atoms with Crippen LogP contribution in [0, 0.1) is 23.2 Å². The fourth-order valence-corrected chi connectivity index (χ4v) is 3.58. The van der Waals surface area contributed by atoms with Crippen molar-refractivity contribution < 1.29 is 0 Å². The van der Waals surface area contributed by atoms with E-state index in [2.05, 4.69) is 20.8 Å². The van der Waals surface area contributed by atoms with E-state index in [9.17, 15) is 0 Å². The maximum atomic E-state index is 2.48. The van der Waals surface area contributed by atoms with Gasteiger partial charge in [-0.15, -0.1) is 0 Å². The number of rotatable bonds is 2. The highest BCUT2D eigenvalue weighted by Crippen LogP contribution is 2.59. The molecule has 0 radical (unpaired) electrons. The van der Waals surface area contributed by atoms with Crippen LogP contribution in [0.3, 0.4) is 0 Å². The average Bonchev–Trinajstić information content (AvgIpc) is 2.62. The Balaban J connectivity index is 2.10. The zero-order valence-electron chi connectivity index (χ0n) is 8.77. The van der Waals surface area contributed by atoms with E-state index in [-0.39, 0.29) is 0 Å². The van der Waals surface area contributed by atoms with Gasteiger partial charge in [0.25, 0.3) is 0 Å². The monoisotopic (exact) mass is 166 g/mol. The highest BCUT2D eigenvalue weighted by atomic mass is 14.5. The van der Waals surface area contributed by atoms with Gasteiger partial charge in [0.2, 0.25) is 0 Å². The molecule has 2 fully saturated rings. The summed E-state index contributed by atoms with van der Waals surface area (Å²) in [4.78, 5) is 0. The van der Waals surface area contributed by atoms with Crippen molar-refractivity contribution in [2.75, 3.05) is 0 Å². The molecule has 12 heavy (non-hydrogen) atoms. The van der Waals surface area contributed by atoms with Crippen LogP contribution in [0.1, 0.15) is 52.9 Å². The molecular weight excluding hydrogens is 144 g/mol. The van der Waals surface area contributed by atoms with Crippen LogP contribution in [0.25, 0.3) is 0 Å². The van der Waals surface area contributed by atoms with Crippen LogP contribution in [0.2, 0.25) is 0 Å². The molecule has 0 spiro atoms. The van der Waals surface area contributed by atoms with Crippen LogP contribution in [0.15, 0.2) is 0 Å². The van der Waals surface area contributed by atoms with Crippen LogP contribution >= 0.6 is 0 Å². The van der Waals surface area contributed by atoms with Crippen molar-refractivity contribution in [2.45, 2.75) is 52.9 Å². The standard InChI is InChI=1S/C12H22/c1-9(2)10(3)12-6-4-11(8-12)5-7-12/h9-11H,4-8H2,1-3H3. The lowest BCUT2D eigenvalue weighted by molar-refractivity contribution is 0.138. The van der Waals surface area contributed by atoms with Crippen molar-refractivity contribution in [3.05, 3.63) is 0 Å². The van der Waals surface area contributed by atoms with Crippen molar-refractivity contribution >= 4 is 0 Å². The third-order valence-corrected chi connectivity index (χ3v) is 4.76. The molecule has 0 aromatic heterocycles. The molecule has 0 N–H and O–H groups in total. The van der Waals surface area contributed by atoms with Crippen LogP contribution in [-0.2, 0) is 0 Å². The van der Waals surface area contributed by atoms with Gasteiger partial charge in [-0.05, 0) is 55.3 Å². The first kappa shape index (κ1) is 8.59. The molecule has 0 heteroatoms. The van der Waals surface area contributed by atoms with Gasteiger partial charge in [-0.3, -0.25) is 0 Å². The summed E-state index contributed by atoms with van der Waals surface area (Å²) >= 11 is 0. The van der Waals surface area contributed by atoms with Crippen LogP contribution in [-0.4, -0.2) is 0 Å². The van der Waals surface area contributed by atoms with Gasteiger partial charge in [-0.25, -0.2) is 0 Å². The Morgan fingerprint density at radius 2 is 1.67 bits per heavy atom. The molecule has 2 bridgehead atoms. The summed E-state index contributed by atoms with van der Waals surface area (Å²) in [6.07, 6.45) is 7.72. The molecule has 0 saturated heterocycles. The molecule has 0 amide bonds. The van der Waals surface area contributed by atoms with Crippen molar-refractivity contribution in [3.63, 3.8) is 0 Å². The summed E-state index contributed by atoms with van der Waals surface area (Å²) in [5.41, 5.74) is 0.791. The molecule has 0 heterocycles. The predicted molar refractivity (Wildman–Crippen MR) is 53.0 cm³/mol. The van der Waals surface area contributed by atoms with Gasteiger partial charge in [0.05, 0.1) is 0 Å². The van der Waals surface area contributed by atoms with Gasteiger partial charge in [-0.1, -0.05) is 20.8 Å². The maximum absolute atomic E-state index is 2.48. The molecule has 0 aliphatic heterocycles. The molecule has 0 nitrogen and oxygen atoms in total. The molecule has 70 valence electrons. The zero-order chi connectivity index (χ0) is 8.77. The summed E-state index contributed by atoms with van der Waals surface area (Å²) in [6.45, 7) is 7.27. The Hall–Kier alpha value is 0. The Bertz CT molecular complexity index is 161. The van der Waals surface area contributed by atoms with Gasteiger partial charge >= 0.3 is 0 Å². The molecule has 2 saturated carbocycles. The first-order valence-corrected chi connectivity index (χ1v) is 5.64. The molecule has 2 rings (SSSR count). The minimum absolute atomic E-state index is 0.791. The summed E-state index contributed by atoms with van der Waals surface area (Å²) in [7, 11) is 0. The largest absolute Gasteiger partial charge is 0.0625 e. The number of hydrogen-bond acceptors (Lipinski definition) is 0. The molecule has 1 unspecified atom stereocenters. The third kappa shape index (κ3) is 1.11. The van der Waals surface area contributed by atoms with Crippen molar-refractivity contribution in [3.8, 4) is 0 Å². The van der Waals surface area contributed by atoms with Crippen LogP contribution in [0.4, 0.5) is 0 Å². The first-order chi connectivity index (χ1) is 5.64. The quantitative estimate of drug-likeness (QED) is 0.584. The highest BCUT2D eigenvalue weighted by Gasteiger charge is 2.48. The average molecular weight is 166 g/mol. The van der Waals surface area contributed by atoms with E-state index in [1.807, 2.05) is 0 Å². The lowest BCUT2D eigenvalue weighted by atomic mass is 9.69. The second-order valence-corrected chi connectivity index (χ2v) is 5.54. The van der Waals surface area contributed by atoms with E-state index in [1.165, 1.54) is 25.7 Å². The fraction of sp³-hybridized carbons (Fsp3) is 1.00. The van der Waals surface area contributed by atoms with Gasteiger partial charge in [0.1, 0.15) is 0 Å². The number of hydrogen-bond donors (Lipinski definition) is 0. The van der Waals surface area contributed by atoms with Crippen LogP contribution in [0.5, 0.6) is 0 Å². The van der Waals surface area contributed by atoms with Gasteiger partial charge in [0.15, 0.2) is 0 Å². The van der Waals surface area contributed by atoms with E-state index in [0.29, 0.717) is 0 Å². The molecule has 2 aliphatic carbocycles. The highest BCUT2D eigenvalue weighted by molar-refractivity contribution is 4.98. The van der Waals surface area contributed by atoms with E-state index in [1.54, 1.807) is 6.42 Å². The molecule has 1 atom stereocenters. The van der Waals surface area contributed by atoms with E-state index in [4.69, 9.17) is 0 Å². The molecular formula is C12H22. The fourth-order valence-electron chi connectivity index (χ4n) is 3.58. The summed E-state index contributed by atoms with van der Waals surface area (Å²) in [6, 6.07) is 0. The zero-order valence-corrected chi connectivity index (χ0v) is 8.77. The first-order valence-electron chi connectivity index (χ1n) is 5.64. The minimum atomic E-state index is 0.791. The number of fused-ring (bicyclic) bond motifs is 2. The van der Waals surface area contributed by atoms with Gasteiger partial charge in [0, 0.05) is 0 Å². The lowest BCUT2D eigenvalue weighted by Crippen LogP contribution is -2.27. The second kappa shape index (κ2) is 2.75. The lowest BCUT2D eigenvalue weighted by Gasteiger charge is -2.36. The van der Waals surface area contributed by atoms with E-state index in [0.717, 1.165) is 23.2 Å². The predicted octanol–water partition coefficient (Wildman–Crippen LogP) is 3.86. The SMILES string of the molecule is CC(C)C(C)C12CCC(CC1)C2. The molecule has 2 aliphatic rings. The Kier molecular flexibility index (Phi) is 1.97. The molecule has 0 aromatic carbocycles. The van der Waals surface area contributed by atoms with Crippen molar-refractivity contribution in [2.24, 2.45) is 23.2 Å². The second-order valence-electron chi connectivity index (χ2n) is 5.54. The minimum Gasteiger partial charge on any atom is -0.0625 e. The Morgan fingerprint density at radius 3 is 2.00 bits per heavy atom. The third-order valence-electron chi connectivity index (χ3n) is 4.76. The Labute approximate surface area is 76.7 Å². The topological polar surface area (TPSA) is 0 Å². The van der Waals surface area contributed by atoms with E-state index < -0.39 is 0 Å². The van der Waals surface area contributed by atoms with Gasteiger partial charge < -0.3 is 0 Å². The van der Waals surface area contributed by atoms with Crippen molar-refractivity contribution in [1.82, 2.24) is 0 Å². The summed E-state index contributed by atoms with van der Waals surface area (Å²) < 4.78 is 0. The summed E-state index contributed by atoms with van der Waals surface area (Å²) in [5, 5.41) is 0.